The van der Waals surface area contributed by atoms with Crippen LogP contribution in [-0.2, 0) is 26.1 Å². The Morgan fingerprint density at radius 1 is 1.09 bits per heavy atom. The Morgan fingerprint density at radius 2 is 1.79 bits per heavy atom. The molecular weight excluding hydrogens is 448 g/mol. The zero-order valence-corrected chi connectivity index (χ0v) is 18.8. The van der Waals surface area contributed by atoms with Gasteiger partial charge in [-0.05, 0) is 48.9 Å². The number of phenolic OH excluding ortho intramolecular Hbond substituents is 1. The molecule has 1 aliphatic rings. The molecule has 2 heterocycles. The summed E-state index contributed by atoms with van der Waals surface area (Å²) in [4.78, 5) is 27.4. The van der Waals surface area contributed by atoms with Gasteiger partial charge in [0.1, 0.15) is 11.8 Å². The van der Waals surface area contributed by atoms with Crippen LogP contribution in [-0.4, -0.2) is 49.4 Å². The highest BCUT2D eigenvalue weighted by atomic mass is 32.2. The summed E-state index contributed by atoms with van der Waals surface area (Å²) < 4.78 is 38.4. The largest absolute Gasteiger partial charge is 0.508 e. The highest BCUT2D eigenvalue weighted by Gasteiger charge is 2.42. The third kappa shape index (κ3) is 4.10. The number of hydrogen-bond donors (Lipinski definition) is 1. The van der Waals surface area contributed by atoms with Crippen LogP contribution in [0, 0.1) is 6.92 Å². The molecule has 1 atom stereocenters. The first kappa shape index (κ1) is 22.6. The fourth-order valence-electron chi connectivity index (χ4n) is 3.79. The quantitative estimate of drug-likeness (QED) is 0.583. The Kier molecular flexibility index (Phi) is 5.96. The lowest BCUT2D eigenvalue weighted by Crippen LogP contribution is -2.50. The van der Waals surface area contributed by atoms with Gasteiger partial charge in [-0.3, -0.25) is 9.59 Å². The van der Waals surface area contributed by atoms with E-state index in [4.69, 9.17) is 9.15 Å². The number of anilines is 1. The number of hydrogen-bond acceptors (Lipinski definition) is 7. The maximum atomic E-state index is 13.6. The first-order valence-corrected chi connectivity index (χ1v) is 11.5. The van der Waals surface area contributed by atoms with Crippen molar-refractivity contribution in [2.45, 2.75) is 24.4 Å². The summed E-state index contributed by atoms with van der Waals surface area (Å²) in [7, 11) is -3.04. The fraction of sp³-hybridized carbons (Fsp3) is 0.217. The number of phenols is 1. The van der Waals surface area contributed by atoms with Crippen LogP contribution in [0.2, 0.25) is 0 Å². The smallest absolute Gasteiger partial charge is 0.326 e. The zero-order valence-electron chi connectivity index (χ0n) is 18.0. The Labute approximate surface area is 190 Å². The lowest BCUT2D eigenvalue weighted by molar-refractivity contribution is -0.144. The molecule has 0 spiro atoms. The van der Waals surface area contributed by atoms with E-state index in [0.717, 1.165) is 11.4 Å². The predicted octanol–water partition coefficient (Wildman–Crippen LogP) is 2.69. The van der Waals surface area contributed by atoms with Gasteiger partial charge in [-0.2, -0.15) is 4.31 Å². The number of aromatic hydroxyl groups is 1. The molecule has 33 heavy (non-hydrogen) atoms. The Bertz CT molecular complexity index is 1300. The van der Waals surface area contributed by atoms with Gasteiger partial charge in [0.2, 0.25) is 10.0 Å². The van der Waals surface area contributed by atoms with E-state index in [-0.39, 0.29) is 29.5 Å². The molecule has 0 saturated heterocycles. The number of benzene rings is 2. The van der Waals surface area contributed by atoms with Crippen LogP contribution in [0.15, 0.2) is 70.2 Å². The van der Waals surface area contributed by atoms with Crippen molar-refractivity contribution in [3.05, 3.63) is 77.7 Å². The van der Waals surface area contributed by atoms with E-state index in [0.29, 0.717) is 16.8 Å². The molecule has 0 radical (unpaired) electrons. The van der Waals surface area contributed by atoms with E-state index in [2.05, 4.69) is 0 Å². The molecule has 3 aromatic rings. The third-order valence-electron chi connectivity index (χ3n) is 5.53. The van der Waals surface area contributed by atoms with E-state index in [1.54, 1.807) is 37.3 Å². The number of fused-ring (bicyclic) bond motifs is 1. The lowest BCUT2D eigenvalue weighted by Gasteiger charge is -2.29. The Morgan fingerprint density at radius 3 is 2.42 bits per heavy atom. The number of esters is 1. The van der Waals surface area contributed by atoms with E-state index in [1.165, 1.54) is 35.4 Å². The molecule has 1 unspecified atom stereocenters. The van der Waals surface area contributed by atoms with Gasteiger partial charge >= 0.3 is 5.97 Å². The van der Waals surface area contributed by atoms with Gasteiger partial charge in [0, 0.05) is 17.8 Å². The van der Waals surface area contributed by atoms with Crippen molar-refractivity contribution >= 4 is 27.6 Å². The molecule has 1 amide bonds. The van der Waals surface area contributed by atoms with Crippen molar-refractivity contribution in [2.24, 2.45) is 0 Å². The number of methoxy groups -OCH3 is 1. The van der Waals surface area contributed by atoms with Crippen molar-refractivity contribution in [3.63, 3.8) is 0 Å². The molecule has 0 bridgehead atoms. The van der Waals surface area contributed by atoms with Crippen LogP contribution < -0.4 is 4.90 Å². The third-order valence-corrected chi connectivity index (χ3v) is 7.40. The first-order valence-electron chi connectivity index (χ1n) is 10.1. The molecule has 4 rings (SSSR count). The number of carbonyl (C=O) groups is 2. The minimum atomic E-state index is -4.20. The van der Waals surface area contributed by atoms with E-state index in [9.17, 15) is 23.1 Å². The first-order chi connectivity index (χ1) is 15.7. The summed E-state index contributed by atoms with van der Waals surface area (Å²) in [5, 5.41) is 9.56. The lowest BCUT2D eigenvalue weighted by atomic mass is 10.1. The molecule has 2 aromatic carbocycles. The standard InChI is InChI=1S/C23H22N2O7S/c1-15-11-12-32-21(15)22(27)24-14-20(23(28)31-2)25(13-16-5-3-4-6-19(16)24)33(29,30)18-9-7-17(26)8-10-18/h3-12,20,26H,13-14H2,1-2H3. The number of sulfonamides is 1. The average molecular weight is 471 g/mol. The van der Waals surface area contributed by atoms with Gasteiger partial charge < -0.3 is 19.2 Å². The summed E-state index contributed by atoms with van der Waals surface area (Å²) >= 11 is 0. The molecule has 1 N–H and O–H groups in total. The Hall–Kier alpha value is -3.63. The molecule has 0 aliphatic carbocycles. The maximum Gasteiger partial charge on any atom is 0.326 e. The van der Waals surface area contributed by atoms with Crippen molar-refractivity contribution in [1.29, 1.82) is 0 Å². The molecule has 1 aliphatic heterocycles. The van der Waals surface area contributed by atoms with Crippen LogP contribution in [0.25, 0.3) is 0 Å². The SMILES string of the molecule is COC(=O)C1CN(C(=O)c2occc2C)c2ccccc2CN1S(=O)(=O)c1ccc(O)cc1. The molecule has 0 saturated carbocycles. The fourth-order valence-corrected chi connectivity index (χ4v) is 5.34. The van der Waals surface area contributed by atoms with Crippen LogP contribution in [0.4, 0.5) is 5.69 Å². The predicted molar refractivity (Wildman–Crippen MR) is 118 cm³/mol. The molecule has 1 aromatic heterocycles. The van der Waals surface area contributed by atoms with Crippen LogP contribution in [0.5, 0.6) is 5.75 Å². The van der Waals surface area contributed by atoms with Crippen LogP contribution in [0.1, 0.15) is 21.7 Å². The average Bonchev–Trinajstić information content (AvgIpc) is 3.15. The highest BCUT2D eigenvalue weighted by Crippen LogP contribution is 2.33. The second kappa shape index (κ2) is 8.72. The number of ether oxygens (including phenoxy) is 1. The number of carbonyl (C=O) groups excluding carboxylic acids is 2. The monoisotopic (exact) mass is 470 g/mol. The number of furan rings is 1. The number of aryl methyl sites for hydroxylation is 1. The van der Waals surface area contributed by atoms with Crippen molar-refractivity contribution in [2.75, 3.05) is 18.6 Å². The molecule has 10 heteroatoms. The normalized spacial score (nSPS) is 16.7. The van der Waals surface area contributed by atoms with E-state index in [1.807, 2.05) is 0 Å². The van der Waals surface area contributed by atoms with Crippen LogP contribution in [0.3, 0.4) is 0 Å². The summed E-state index contributed by atoms with van der Waals surface area (Å²) in [5.74, 6) is -1.30. The number of rotatable bonds is 4. The van der Waals surface area contributed by atoms with Crippen molar-refractivity contribution in [3.8, 4) is 5.75 Å². The van der Waals surface area contributed by atoms with Gasteiger partial charge in [-0.25, -0.2) is 8.42 Å². The Balaban J connectivity index is 1.85. The minimum absolute atomic E-state index is 0.0923. The second-order valence-electron chi connectivity index (χ2n) is 7.56. The summed E-state index contributed by atoms with van der Waals surface area (Å²) in [6.45, 7) is 1.28. The van der Waals surface area contributed by atoms with Gasteiger partial charge in [0.05, 0.1) is 24.8 Å². The molecule has 0 fully saturated rings. The number of para-hydroxylation sites is 1. The molecule has 9 nitrogen and oxygen atoms in total. The highest BCUT2D eigenvalue weighted by molar-refractivity contribution is 7.89. The summed E-state index contributed by atoms with van der Waals surface area (Å²) in [6.07, 6.45) is 1.39. The summed E-state index contributed by atoms with van der Waals surface area (Å²) in [5.41, 5.74) is 1.62. The number of amides is 1. The van der Waals surface area contributed by atoms with Gasteiger partial charge in [0.25, 0.3) is 5.91 Å². The van der Waals surface area contributed by atoms with Gasteiger partial charge in [-0.15, -0.1) is 0 Å². The molecular formula is C23H22N2O7S. The van der Waals surface area contributed by atoms with Gasteiger partial charge in [-0.1, -0.05) is 18.2 Å². The molecule has 172 valence electrons. The maximum absolute atomic E-state index is 13.6. The number of nitrogens with zero attached hydrogens (tertiary/aromatic N) is 2. The van der Waals surface area contributed by atoms with E-state index >= 15 is 0 Å². The van der Waals surface area contributed by atoms with Crippen molar-refractivity contribution < 1.29 is 32.3 Å². The summed E-state index contributed by atoms with van der Waals surface area (Å²) in [6, 6.07) is 12.2. The van der Waals surface area contributed by atoms with Crippen LogP contribution >= 0.6 is 0 Å². The second-order valence-corrected chi connectivity index (χ2v) is 9.45. The van der Waals surface area contributed by atoms with Gasteiger partial charge in [0.15, 0.2) is 5.76 Å². The van der Waals surface area contributed by atoms with E-state index < -0.39 is 27.9 Å². The minimum Gasteiger partial charge on any atom is -0.508 e. The van der Waals surface area contributed by atoms with Crippen molar-refractivity contribution in [1.82, 2.24) is 4.31 Å². The topological polar surface area (TPSA) is 117 Å². The zero-order chi connectivity index (χ0) is 23.8.